The number of rotatable bonds is 4. The smallest absolute Gasteiger partial charge is 0.289 e. The van der Waals surface area contributed by atoms with Gasteiger partial charge in [0, 0.05) is 49.1 Å². The molecule has 0 aliphatic carbocycles. The topological polar surface area (TPSA) is 39.9 Å². The molecule has 2 aromatic carbocycles. The lowest BCUT2D eigenvalue weighted by Gasteiger charge is -2.37. The number of piperazine rings is 1. The van der Waals surface area contributed by atoms with Gasteiger partial charge in [0.05, 0.1) is 17.6 Å². The van der Waals surface area contributed by atoms with Crippen LogP contribution in [0.1, 0.15) is 10.6 Å². The monoisotopic (exact) mass is 405 g/mol. The summed E-state index contributed by atoms with van der Waals surface area (Å²) in [5.74, 6) is 0.419. The lowest BCUT2D eigenvalue weighted by atomic mass is 10.2. The summed E-state index contributed by atoms with van der Waals surface area (Å²) in [5.41, 5.74) is 2.56. The highest BCUT2D eigenvalue weighted by Crippen LogP contribution is 2.47. The van der Waals surface area contributed by atoms with Gasteiger partial charge in [0.25, 0.3) is 5.91 Å². The zero-order valence-electron chi connectivity index (χ0n) is 16.2. The van der Waals surface area contributed by atoms with Gasteiger partial charge in [0.15, 0.2) is 5.76 Å². The molecule has 2 aliphatic heterocycles. The molecule has 0 spiro atoms. The summed E-state index contributed by atoms with van der Waals surface area (Å²) in [6.45, 7) is 5.15. The van der Waals surface area contributed by atoms with Gasteiger partial charge in [-0.15, -0.1) is 0 Å². The number of furan rings is 1. The molecule has 3 heterocycles. The predicted molar refractivity (Wildman–Crippen MR) is 115 cm³/mol. The fourth-order valence-corrected chi connectivity index (χ4v) is 5.09. The van der Waals surface area contributed by atoms with E-state index in [-0.39, 0.29) is 5.91 Å². The summed E-state index contributed by atoms with van der Waals surface area (Å²) in [6.07, 6.45) is 1.55. The van der Waals surface area contributed by atoms with Crippen molar-refractivity contribution in [1.29, 1.82) is 0 Å². The second-order valence-corrected chi connectivity index (χ2v) is 8.38. The van der Waals surface area contributed by atoms with Gasteiger partial charge >= 0.3 is 0 Å². The first-order chi connectivity index (χ1) is 14.3. The summed E-state index contributed by atoms with van der Waals surface area (Å²) in [6, 6.07) is 20.7. The first kappa shape index (κ1) is 18.3. The molecule has 1 fully saturated rings. The molecule has 0 bridgehead atoms. The van der Waals surface area contributed by atoms with Crippen molar-refractivity contribution < 1.29 is 9.21 Å². The van der Waals surface area contributed by atoms with E-state index in [0.29, 0.717) is 5.76 Å². The van der Waals surface area contributed by atoms with Crippen LogP contribution in [0.5, 0.6) is 0 Å². The third-order valence-corrected chi connectivity index (χ3v) is 6.69. The van der Waals surface area contributed by atoms with Crippen LogP contribution in [0.25, 0.3) is 0 Å². The number of fused-ring (bicyclic) bond motifs is 2. The first-order valence-electron chi connectivity index (χ1n) is 9.98. The number of hydrogen-bond donors (Lipinski definition) is 0. The average molecular weight is 406 g/mol. The molecule has 0 atom stereocenters. The summed E-state index contributed by atoms with van der Waals surface area (Å²) in [5, 5.41) is 0. The van der Waals surface area contributed by atoms with E-state index in [2.05, 4.69) is 58.3 Å². The lowest BCUT2D eigenvalue weighted by Crippen LogP contribution is -2.50. The van der Waals surface area contributed by atoms with Crippen molar-refractivity contribution in [3.8, 4) is 0 Å². The minimum atomic E-state index is -0.00874. The molecule has 0 radical (unpaired) electrons. The van der Waals surface area contributed by atoms with E-state index in [1.807, 2.05) is 16.7 Å². The van der Waals surface area contributed by atoms with Crippen LogP contribution >= 0.6 is 11.8 Å². The minimum Gasteiger partial charge on any atom is -0.459 e. The van der Waals surface area contributed by atoms with Crippen molar-refractivity contribution >= 4 is 29.0 Å². The highest BCUT2D eigenvalue weighted by Gasteiger charge is 2.26. The highest BCUT2D eigenvalue weighted by molar-refractivity contribution is 7.99. The molecule has 5 nitrogen and oxygen atoms in total. The number of carbonyl (C=O) groups is 1. The van der Waals surface area contributed by atoms with E-state index in [9.17, 15) is 4.79 Å². The van der Waals surface area contributed by atoms with Crippen LogP contribution in [0, 0.1) is 0 Å². The number of nitrogens with zero attached hydrogens (tertiary/aromatic N) is 3. The van der Waals surface area contributed by atoms with Gasteiger partial charge in [-0.05, 0) is 36.4 Å². The van der Waals surface area contributed by atoms with Gasteiger partial charge in [-0.3, -0.25) is 9.69 Å². The third kappa shape index (κ3) is 3.66. The van der Waals surface area contributed by atoms with E-state index in [1.165, 1.54) is 21.2 Å². The fraction of sp³-hybridized carbons (Fsp3) is 0.261. The third-order valence-electron chi connectivity index (χ3n) is 5.56. The predicted octanol–water partition coefficient (Wildman–Crippen LogP) is 4.34. The van der Waals surface area contributed by atoms with Gasteiger partial charge in [-0.2, -0.15) is 0 Å². The Morgan fingerprint density at radius 1 is 0.828 bits per heavy atom. The van der Waals surface area contributed by atoms with Gasteiger partial charge in [-0.1, -0.05) is 36.0 Å². The van der Waals surface area contributed by atoms with Crippen LogP contribution in [-0.2, 0) is 0 Å². The number of anilines is 2. The van der Waals surface area contributed by atoms with Gasteiger partial charge in [0.2, 0.25) is 0 Å². The van der Waals surface area contributed by atoms with Crippen molar-refractivity contribution in [3.05, 3.63) is 72.7 Å². The Bertz CT molecular complexity index is 951. The molecule has 1 aromatic heterocycles. The van der Waals surface area contributed by atoms with E-state index in [4.69, 9.17) is 4.42 Å². The maximum absolute atomic E-state index is 12.5. The Kier molecular flexibility index (Phi) is 5.04. The van der Waals surface area contributed by atoms with Crippen molar-refractivity contribution in [1.82, 2.24) is 9.80 Å². The Morgan fingerprint density at radius 2 is 1.48 bits per heavy atom. The van der Waals surface area contributed by atoms with Crippen molar-refractivity contribution in [2.24, 2.45) is 0 Å². The number of benzene rings is 2. The standard InChI is InChI=1S/C23H23N3O2S/c27-23(20-8-5-17-28-20)25-14-11-24(12-15-25)13-16-26-18-6-1-3-9-21(18)29-22-10-4-2-7-19(22)26/h1-10,17H,11-16H2. The molecular formula is C23H23N3O2S. The number of hydrogen-bond acceptors (Lipinski definition) is 5. The molecule has 0 N–H and O–H groups in total. The highest BCUT2D eigenvalue weighted by atomic mass is 32.2. The van der Waals surface area contributed by atoms with Crippen LogP contribution < -0.4 is 4.90 Å². The number of amides is 1. The maximum atomic E-state index is 12.5. The van der Waals surface area contributed by atoms with E-state index in [1.54, 1.807) is 18.4 Å². The zero-order chi connectivity index (χ0) is 19.6. The molecule has 0 unspecified atom stereocenters. The second-order valence-electron chi connectivity index (χ2n) is 7.30. The Balaban J connectivity index is 1.24. The molecule has 5 rings (SSSR count). The molecule has 148 valence electrons. The van der Waals surface area contributed by atoms with E-state index >= 15 is 0 Å². The summed E-state index contributed by atoms with van der Waals surface area (Å²) in [7, 11) is 0. The van der Waals surface area contributed by atoms with Crippen molar-refractivity contribution in [3.63, 3.8) is 0 Å². The molecule has 1 amide bonds. The molecule has 3 aromatic rings. The molecule has 29 heavy (non-hydrogen) atoms. The SMILES string of the molecule is O=C(c1ccco1)N1CCN(CCN2c3ccccc3Sc3ccccc32)CC1. The average Bonchev–Trinajstić information content (AvgIpc) is 3.31. The summed E-state index contributed by atoms with van der Waals surface area (Å²) >= 11 is 1.84. The lowest BCUT2D eigenvalue weighted by molar-refractivity contribution is 0.0610. The number of carbonyl (C=O) groups excluding carboxylic acids is 1. The van der Waals surface area contributed by atoms with Gasteiger partial charge in [0.1, 0.15) is 0 Å². The normalized spacial score (nSPS) is 16.4. The van der Waals surface area contributed by atoms with Crippen molar-refractivity contribution in [2.75, 3.05) is 44.2 Å². The molecular weight excluding hydrogens is 382 g/mol. The molecule has 2 aliphatic rings. The van der Waals surface area contributed by atoms with Crippen LogP contribution in [0.15, 0.2) is 81.1 Å². The van der Waals surface area contributed by atoms with Gasteiger partial charge in [-0.25, -0.2) is 0 Å². The van der Waals surface area contributed by atoms with Crippen LogP contribution in [0.2, 0.25) is 0 Å². The maximum Gasteiger partial charge on any atom is 0.289 e. The van der Waals surface area contributed by atoms with Crippen molar-refractivity contribution in [2.45, 2.75) is 9.79 Å². The molecule has 6 heteroatoms. The number of para-hydroxylation sites is 2. The zero-order valence-corrected chi connectivity index (χ0v) is 17.0. The first-order valence-corrected chi connectivity index (χ1v) is 10.8. The van der Waals surface area contributed by atoms with Gasteiger partial charge < -0.3 is 14.2 Å². The van der Waals surface area contributed by atoms with E-state index in [0.717, 1.165) is 39.3 Å². The Hall–Kier alpha value is -2.70. The Labute approximate surface area is 174 Å². The Morgan fingerprint density at radius 3 is 2.10 bits per heavy atom. The molecule has 0 saturated carbocycles. The fourth-order valence-electron chi connectivity index (χ4n) is 3.99. The second kappa shape index (κ2) is 7.97. The van der Waals surface area contributed by atoms with E-state index < -0.39 is 0 Å². The summed E-state index contributed by atoms with van der Waals surface area (Å²) < 4.78 is 5.26. The quantitative estimate of drug-likeness (QED) is 0.646. The molecule has 1 saturated heterocycles. The summed E-state index contributed by atoms with van der Waals surface area (Å²) in [4.78, 5) is 21.8. The van der Waals surface area contributed by atoms with Crippen LogP contribution in [0.3, 0.4) is 0 Å². The largest absolute Gasteiger partial charge is 0.459 e. The van der Waals surface area contributed by atoms with Crippen LogP contribution in [0.4, 0.5) is 11.4 Å². The van der Waals surface area contributed by atoms with Crippen LogP contribution in [-0.4, -0.2) is 55.0 Å². The minimum absolute atomic E-state index is 0.00874.